The Labute approximate surface area is 462 Å². The minimum Gasteiger partial charge on any atom is -0.310 e. The highest BCUT2D eigenvalue weighted by molar-refractivity contribution is 5.99. The zero-order chi connectivity index (χ0) is 52.3. The minimum atomic E-state index is -0.620. The van der Waals surface area contributed by atoms with Crippen molar-refractivity contribution in [2.24, 2.45) is 0 Å². The van der Waals surface area contributed by atoms with Gasteiger partial charge in [0.25, 0.3) is 0 Å². The third kappa shape index (κ3) is 7.71. The summed E-state index contributed by atoms with van der Waals surface area (Å²) in [6.45, 7) is 0. The van der Waals surface area contributed by atoms with Gasteiger partial charge in [-0.25, -0.2) is 0 Å². The van der Waals surface area contributed by atoms with Gasteiger partial charge in [-0.05, 0) is 173 Å². The molecule has 0 heterocycles. The summed E-state index contributed by atoms with van der Waals surface area (Å²) in [5.74, 6) is 0. The molecule has 370 valence electrons. The van der Waals surface area contributed by atoms with Crippen molar-refractivity contribution in [3.05, 3.63) is 338 Å². The van der Waals surface area contributed by atoms with Gasteiger partial charge in [0.2, 0.25) is 0 Å². The van der Waals surface area contributed by atoms with Gasteiger partial charge < -0.3 is 9.80 Å². The second-order valence-corrected chi connectivity index (χ2v) is 20.8. The van der Waals surface area contributed by atoms with Crippen LogP contribution in [0.15, 0.2) is 315 Å². The predicted molar refractivity (Wildman–Crippen MR) is 331 cm³/mol. The molecular formula is C77H52N2. The average molecular weight is 1010 g/mol. The fraction of sp³-hybridized carbons (Fsp3) is 0.0130. The van der Waals surface area contributed by atoms with E-state index in [-0.39, 0.29) is 0 Å². The molecule has 0 aliphatic heterocycles. The zero-order valence-corrected chi connectivity index (χ0v) is 43.4. The van der Waals surface area contributed by atoms with Gasteiger partial charge >= 0.3 is 0 Å². The van der Waals surface area contributed by atoms with Crippen molar-refractivity contribution in [2.45, 2.75) is 5.41 Å². The SMILES string of the molecule is c1ccc(-c2ccc(N(c3ccc(-c4ccccc4)cc3)c3ccc4c(c3)C3(c5ccccc5-c5ccccc53)c3cc(N(c5ccc(-c6ccccc6)cc5)c5ccc(-c6cccc7ccccc67)cc5)ccc3-4)cc2)cc1. The molecule has 0 atom stereocenters. The maximum Gasteiger partial charge on any atom is 0.0727 e. The second-order valence-electron chi connectivity index (χ2n) is 20.8. The Kier molecular flexibility index (Phi) is 11.1. The summed E-state index contributed by atoms with van der Waals surface area (Å²) >= 11 is 0. The Morgan fingerprint density at radius 1 is 0.190 bits per heavy atom. The summed E-state index contributed by atoms with van der Waals surface area (Å²) in [4.78, 5) is 4.87. The molecule has 15 rings (SSSR count). The van der Waals surface area contributed by atoms with Crippen LogP contribution in [-0.4, -0.2) is 0 Å². The smallest absolute Gasteiger partial charge is 0.0727 e. The van der Waals surface area contributed by atoms with Gasteiger partial charge in [-0.2, -0.15) is 0 Å². The van der Waals surface area contributed by atoms with E-state index in [4.69, 9.17) is 0 Å². The van der Waals surface area contributed by atoms with Crippen molar-refractivity contribution in [3.8, 4) is 66.8 Å². The van der Waals surface area contributed by atoms with Crippen LogP contribution in [0.1, 0.15) is 22.3 Å². The zero-order valence-electron chi connectivity index (χ0n) is 43.4. The molecule has 13 aromatic rings. The highest BCUT2D eigenvalue weighted by Crippen LogP contribution is 2.64. The first-order valence-corrected chi connectivity index (χ1v) is 27.3. The van der Waals surface area contributed by atoms with E-state index in [1.165, 1.54) is 99.8 Å². The Bertz CT molecular complexity index is 4240. The van der Waals surface area contributed by atoms with E-state index < -0.39 is 5.41 Å². The van der Waals surface area contributed by atoms with Gasteiger partial charge in [0.1, 0.15) is 0 Å². The van der Waals surface area contributed by atoms with Gasteiger partial charge in [-0.1, -0.05) is 243 Å². The molecule has 0 bridgehead atoms. The normalized spacial score (nSPS) is 12.4. The number of hydrogen-bond acceptors (Lipinski definition) is 2. The Balaban J connectivity index is 0.915. The third-order valence-corrected chi connectivity index (χ3v) is 16.5. The molecule has 0 saturated carbocycles. The minimum absolute atomic E-state index is 0.620. The lowest BCUT2D eigenvalue weighted by molar-refractivity contribution is 0.793. The van der Waals surface area contributed by atoms with Crippen LogP contribution in [-0.2, 0) is 5.41 Å². The van der Waals surface area contributed by atoms with Crippen LogP contribution >= 0.6 is 0 Å². The molecule has 79 heavy (non-hydrogen) atoms. The van der Waals surface area contributed by atoms with Crippen molar-refractivity contribution in [2.75, 3.05) is 9.80 Å². The molecule has 0 fully saturated rings. The molecule has 0 aromatic heterocycles. The molecule has 0 saturated heterocycles. The highest BCUT2D eigenvalue weighted by atomic mass is 15.1. The maximum absolute atomic E-state index is 2.50. The largest absolute Gasteiger partial charge is 0.310 e. The van der Waals surface area contributed by atoms with Crippen molar-refractivity contribution < 1.29 is 0 Å². The quantitative estimate of drug-likeness (QED) is 0.135. The summed E-state index contributed by atoms with van der Waals surface area (Å²) in [6.07, 6.45) is 0. The predicted octanol–water partition coefficient (Wildman–Crippen LogP) is 20.8. The Hall–Kier alpha value is -10.3. The van der Waals surface area contributed by atoms with Crippen LogP contribution in [0, 0.1) is 0 Å². The molecule has 1 spiro atoms. The van der Waals surface area contributed by atoms with E-state index in [9.17, 15) is 0 Å². The Morgan fingerprint density at radius 2 is 0.494 bits per heavy atom. The molecule has 0 amide bonds. The van der Waals surface area contributed by atoms with Gasteiger partial charge in [-0.3, -0.25) is 0 Å². The molecule has 13 aromatic carbocycles. The number of nitrogens with zero attached hydrogens (tertiary/aromatic N) is 2. The van der Waals surface area contributed by atoms with Crippen molar-refractivity contribution in [1.29, 1.82) is 0 Å². The standard InChI is InChI=1S/C77H52N2/c1-4-17-53(18-5-1)56-31-39-61(40-32-56)78(62-41-33-57(34-42-62)54-19-6-2-7-20-54)65-47-49-71-72-50-48-66(52-76(72)77(75(71)51-65)73-29-14-12-26-69(73)70-27-13-15-30-74(70)77)79(63-43-35-58(36-44-63)55-21-8-3-9-22-55)64-45-37-60(38-46-64)68-28-16-24-59-23-10-11-25-67(59)68/h1-52H. The first-order chi connectivity index (χ1) is 39.2. The van der Waals surface area contributed by atoms with Crippen molar-refractivity contribution >= 4 is 44.9 Å². The van der Waals surface area contributed by atoms with Crippen LogP contribution in [0.25, 0.3) is 77.5 Å². The summed E-state index contributed by atoms with van der Waals surface area (Å²) in [5.41, 5.74) is 25.7. The second kappa shape index (κ2) is 19.1. The third-order valence-electron chi connectivity index (χ3n) is 16.5. The summed E-state index contributed by atoms with van der Waals surface area (Å²) in [7, 11) is 0. The molecular weight excluding hydrogens is 953 g/mol. The van der Waals surface area contributed by atoms with Crippen LogP contribution in [0.2, 0.25) is 0 Å². The molecule has 0 radical (unpaired) electrons. The number of rotatable bonds is 10. The molecule has 2 aliphatic carbocycles. The molecule has 2 nitrogen and oxygen atoms in total. The van der Waals surface area contributed by atoms with E-state index >= 15 is 0 Å². The first kappa shape index (κ1) is 46.1. The van der Waals surface area contributed by atoms with Crippen LogP contribution < -0.4 is 9.80 Å². The number of anilines is 6. The fourth-order valence-corrected chi connectivity index (χ4v) is 12.9. The fourth-order valence-electron chi connectivity index (χ4n) is 12.9. The lowest BCUT2D eigenvalue weighted by Crippen LogP contribution is -2.26. The van der Waals surface area contributed by atoms with Gasteiger partial charge in [0, 0.05) is 34.1 Å². The molecule has 0 unspecified atom stereocenters. The topological polar surface area (TPSA) is 6.48 Å². The summed E-state index contributed by atoms with van der Waals surface area (Å²) in [6, 6.07) is 116. The lowest BCUT2D eigenvalue weighted by atomic mass is 9.70. The van der Waals surface area contributed by atoms with E-state index in [1.54, 1.807) is 0 Å². The van der Waals surface area contributed by atoms with E-state index in [0.29, 0.717) is 0 Å². The number of hydrogen-bond donors (Lipinski definition) is 0. The van der Waals surface area contributed by atoms with E-state index in [0.717, 1.165) is 34.1 Å². The maximum atomic E-state index is 2.50. The van der Waals surface area contributed by atoms with E-state index in [1.807, 2.05) is 0 Å². The van der Waals surface area contributed by atoms with Crippen molar-refractivity contribution in [3.63, 3.8) is 0 Å². The Morgan fingerprint density at radius 3 is 0.924 bits per heavy atom. The molecule has 2 heteroatoms. The molecule has 0 N–H and O–H groups in total. The monoisotopic (exact) mass is 1000 g/mol. The van der Waals surface area contributed by atoms with Gasteiger partial charge in [0.15, 0.2) is 0 Å². The van der Waals surface area contributed by atoms with Crippen LogP contribution in [0.5, 0.6) is 0 Å². The summed E-state index contributed by atoms with van der Waals surface area (Å²) < 4.78 is 0. The first-order valence-electron chi connectivity index (χ1n) is 27.3. The van der Waals surface area contributed by atoms with Crippen molar-refractivity contribution in [1.82, 2.24) is 0 Å². The highest BCUT2D eigenvalue weighted by Gasteiger charge is 2.52. The molecule has 2 aliphatic rings. The van der Waals surface area contributed by atoms with Gasteiger partial charge in [-0.15, -0.1) is 0 Å². The van der Waals surface area contributed by atoms with Crippen LogP contribution in [0.4, 0.5) is 34.1 Å². The average Bonchev–Trinajstić information content (AvgIpc) is 4.21. The van der Waals surface area contributed by atoms with E-state index in [2.05, 4.69) is 325 Å². The number of benzene rings is 13. The van der Waals surface area contributed by atoms with Gasteiger partial charge in [0.05, 0.1) is 5.41 Å². The lowest BCUT2D eigenvalue weighted by Gasteiger charge is -2.33. The number of fused-ring (bicyclic) bond motifs is 11. The van der Waals surface area contributed by atoms with Crippen LogP contribution in [0.3, 0.4) is 0 Å². The summed E-state index contributed by atoms with van der Waals surface area (Å²) in [5, 5.41) is 2.49.